The predicted molar refractivity (Wildman–Crippen MR) is 82.3 cm³/mol. The summed E-state index contributed by atoms with van der Waals surface area (Å²) in [6.45, 7) is 2.18. The van der Waals surface area contributed by atoms with Crippen molar-refractivity contribution in [1.29, 1.82) is 0 Å². The van der Waals surface area contributed by atoms with Gasteiger partial charge in [0.15, 0.2) is 0 Å². The van der Waals surface area contributed by atoms with Crippen LogP contribution in [0.25, 0.3) is 0 Å². The molecule has 3 heteroatoms. The average molecular weight is 270 g/mol. The number of unbranched alkanes of at least 4 members (excludes halogenated alkanes) is 1. The van der Waals surface area contributed by atoms with E-state index in [0.29, 0.717) is 5.56 Å². The number of carbonyl (C=O) groups is 1. The molecule has 2 rings (SSSR count). The van der Waals surface area contributed by atoms with E-state index in [4.69, 9.17) is 5.73 Å². The highest BCUT2D eigenvalue weighted by Gasteiger charge is 2.12. The summed E-state index contributed by atoms with van der Waals surface area (Å²) in [4.78, 5) is 12.1. The van der Waals surface area contributed by atoms with Gasteiger partial charge in [-0.1, -0.05) is 37.6 Å². The topological polar surface area (TPSA) is 55.1 Å². The van der Waals surface area contributed by atoms with Crippen LogP contribution in [0.5, 0.6) is 0 Å². The standard InChI is InChI=1S/C17H22N2O/c1-2-3-4-13-5-7-14(8-6-13)17(20)19-16-11-9-15(18)10-12-16/h5-11,16H,2-4,12,18H2,1H3,(H,19,20). The molecule has 3 nitrogen and oxygen atoms in total. The van der Waals surface area contributed by atoms with Gasteiger partial charge in [0, 0.05) is 11.3 Å². The maximum Gasteiger partial charge on any atom is 0.251 e. The molecule has 0 heterocycles. The van der Waals surface area contributed by atoms with Crippen LogP contribution in [-0.2, 0) is 6.42 Å². The normalized spacial score (nSPS) is 17.6. The Balaban J connectivity index is 1.91. The summed E-state index contributed by atoms with van der Waals surface area (Å²) in [7, 11) is 0. The Bertz CT molecular complexity index is 514. The van der Waals surface area contributed by atoms with Crippen LogP contribution in [0.2, 0.25) is 0 Å². The van der Waals surface area contributed by atoms with Crippen LogP contribution in [0.1, 0.15) is 42.1 Å². The van der Waals surface area contributed by atoms with Crippen LogP contribution >= 0.6 is 0 Å². The van der Waals surface area contributed by atoms with Crippen molar-refractivity contribution in [2.75, 3.05) is 0 Å². The van der Waals surface area contributed by atoms with Crippen LogP contribution in [0.3, 0.4) is 0 Å². The first-order chi connectivity index (χ1) is 9.69. The fourth-order valence-corrected chi connectivity index (χ4v) is 2.20. The number of hydrogen-bond donors (Lipinski definition) is 2. The second-order valence-corrected chi connectivity index (χ2v) is 5.18. The molecule has 0 aromatic heterocycles. The van der Waals surface area contributed by atoms with Crippen molar-refractivity contribution in [2.24, 2.45) is 5.73 Å². The molecule has 0 saturated heterocycles. The summed E-state index contributed by atoms with van der Waals surface area (Å²) in [5.41, 5.74) is 8.42. The zero-order valence-electron chi connectivity index (χ0n) is 11.9. The van der Waals surface area contributed by atoms with Gasteiger partial charge in [0.2, 0.25) is 0 Å². The zero-order chi connectivity index (χ0) is 14.4. The molecule has 1 unspecified atom stereocenters. The number of amides is 1. The molecule has 1 aliphatic rings. The Morgan fingerprint density at radius 1 is 1.35 bits per heavy atom. The molecule has 1 aliphatic carbocycles. The fourth-order valence-electron chi connectivity index (χ4n) is 2.20. The van der Waals surface area contributed by atoms with E-state index in [2.05, 4.69) is 12.2 Å². The van der Waals surface area contributed by atoms with Crippen molar-refractivity contribution in [2.45, 2.75) is 38.6 Å². The lowest BCUT2D eigenvalue weighted by molar-refractivity contribution is 0.0944. The molecule has 0 bridgehead atoms. The second kappa shape index (κ2) is 6.94. The lowest BCUT2D eigenvalue weighted by Gasteiger charge is -2.16. The number of allylic oxidation sites excluding steroid dienone is 1. The van der Waals surface area contributed by atoms with E-state index in [1.54, 1.807) is 0 Å². The van der Waals surface area contributed by atoms with Crippen LogP contribution in [-0.4, -0.2) is 11.9 Å². The van der Waals surface area contributed by atoms with Crippen molar-refractivity contribution in [3.63, 3.8) is 0 Å². The van der Waals surface area contributed by atoms with Crippen molar-refractivity contribution in [3.8, 4) is 0 Å². The lowest BCUT2D eigenvalue weighted by atomic mass is 10.0. The molecular weight excluding hydrogens is 248 g/mol. The van der Waals surface area contributed by atoms with Gasteiger partial charge in [0.25, 0.3) is 5.91 Å². The molecule has 0 radical (unpaired) electrons. The number of carbonyl (C=O) groups excluding carboxylic acids is 1. The number of benzene rings is 1. The van der Waals surface area contributed by atoms with E-state index >= 15 is 0 Å². The number of hydrogen-bond acceptors (Lipinski definition) is 2. The van der Waals surface area contributed by atoms with Gasteiger partial charge in [-0.3, -0.25) is 4.79 Å². The molecular formula is C17H22N2O. The largest absolute Gasteiger partial charge is 0.399 e. The van der Waals surface area contributed by atoms with Crippen molar-refractivity contribution < 1.29 is 4.79 Å². The zero-order valence-corrected chi connectivity index (χ0v) is 11.9. The Morgan fingerprint density at radius 2 is 2.10 bits per heavy atom. The van der Waals surface area contributed by atoms with Crippen LogP contribution < -0.4 is 11.1 Å². The van der Waals surface area contributed by atoms with Crippen LogP contribution in [0.15, 0.2) is 48.2 Å². The van der Waals surface area contributed by atoms with E-state index in [1.165, 1.54) is 18.4 Å². The number of nitrogens with one attached hydrogen (secondary N) is 1. The summed E-state index contributed by atoms with van der Waals surface area (Å²) in [5, 5.41) is 2.99. The van der Waals surface area contributed by atoms with E-state index < -0.39 is 0 Å². The Kier molecular flexibility index (Phi) is 4.99. The third-order valence-corrected chi connectivity index (χ3v) is 3.48. The van der Waals surface area contributed by atoms with Gasteiger partial charge in [0.05, 0.1) is 6.04 Å². The summed E-state index contributed by atoms with van der Waals surface area (Å²) in [5.74, 6) is -0.0319. The van der Waals surface area contributed by atoms with Gasteiger partial charge in [-0.2, -0.15) is 0 Å². The van der Waals surface area contributed by atoms with Gasteiger partial charge >= 0.3 is 0 Å². The first kappa shape index (κ1) is 14.4. The highest BCUT2D eigenvalue weighted by Crippen LogP contribution is 2.10. The van der Waals surface area contributed by atoms with Gasteiger partial charge in [-0.15, -0.1) is 0 Å². The molecule has 1 atom stereocenters. The van der Waals surface area contributed by atoms with E-state index in [1.807, 2.05) is 42.5 Å². The first-order valence-electron chi connectivity index (χ1n) is 7.22. The maximum absolute atomic E-state index is 12.1. The molecule has 0 saturated carbocycles. The van der Waals surface area contributed by atoms with Crippen molar-refractivity contribution in [1.82, 2.24) is 5.32 Å². The predicted octanol–water partition coefficient (Wildman–Crippen LogP) is 2.93. The summed E-state index contributed by atoms with van der Waals surface area (Å²) < 4.78 is 0. The first-order valence-corrected chi connectivity index (χ1v) is 7.22. The van der Waals surface area contributed by atoms with E-state index in [9.17, 15) is 4.79 Å². The molecule has 20 heavy (non-hydrogen) atoms. The molecule has 106 valence electrons. The number of nitrogens with two attached hydrogens (primary N) is 1. The highest BCUT2D eigenvalue weighted by molar-refractivity contribution is 5.94. The minimum absolute atomic E-state index is 0.0319. The Labute approximate surface area is 120 Å². The molecule has 0 spiro atoms. The van der Waals surface area contributed by atoms with Crippen molar-refractivity contribution >= 4 is 5.91 Å². The highest BCUT2D eigenvalue weighted by atomic mass is 16.1. The number of aryl methyl sites for hydroxylation is 1. The lowest BCUT2D eigenvalue weighted by Crippen LogP contribution is -2.34. The summed E-state index contributed by atoms with van der Waals surface area (Å²) in [6, 6.07) is 7.92. The Morgan fingerprint density at radius 3 is 2.70 bits per heavy atom. The molecule has 1 aromatic carbocycles. The molecule has 3 N–H and O–H groups in total. The summed E-state index contributed by atoms with van der Waals surface area (Å²) in [6.07, 6.45) is 9.90. The number of rotatable bonds is 5. The van der Waals surface area contributed by atoms with Crippen LogP contribution in [0, 0.1) is 0 Å². The maximum atomic E-state index is 12.1. The van der Waals surface area contributed by atoms with E-state index in [0.717, 1.165) is 18.5 Å². The molecule has 0 aliphatic heterocycles. The molecule has 1 amide bonds. The molecule has 0 fully saturated rings. The van der Waals surface area contributed by atoms with Gasteiger partial charge < -0.3 is 11.1 Å². The Hall–Kier alpha value is -2.03. The third kappa shape index (κ3) is 3.98. The van der Waals surface area contributed by atoms with Gasteiger partial charge in [-0.25, -0.2) is 0 Å². The van der Waals surface area contributed by atoms with Crippen molar-refractivity contribution in [3.05, 3.63) is 59.3 Å². The van der Waals surface area contributed by atoms with E-state index in [-0.39, 0.29) is 11.9 Å². The molecule has 1 aromatic rings. The van der Waals surface area contributed by atoms with Gasteiger partial charge in [-0.05, 0) is 43.0 Å². The fraction of sp³-hybridized carbons (Fsp3) is 0.353. The third-order valence-electron chi connectivity index (χ3n) is 3.48. The quantitative estimate of drug-likeness (QED) is 0.864. The minimum Gasteiger partial charge on any atom is -0.399 e. The van der Waals surface area contributed by atoms with Gasteiger partial charge in [0.1, 0.15) is 0 Å². The average Bonchev–Trinajstić information content (AvgIpc) is 2.48. The minimum atomic E-state index is -0.0319. The SMILES string of the molecule is CCCCc1ccc(C(=O)NC2C=CC(N)=CC2)cc1. The summed E-state index contributed by atoms with van der Waals surface area (Å²) >= 11 is 0. The van der Waals surface area contributed by atoms with Crippen LogP contribution in [0.4, 0.5) is 0 Å². The monoisotopic (exact) mass is 270 g/mol. The smallest absolute Gasteiger partial charge is 0.251 e. The second-order valence-electron chi connectivity index (χ2n) is 5.18.